The molecule has 1 aliphatic rings. The van der Waals surface area contributed by atoms with Crippen LogP contribution in [0.15, 0.2) is 118 Å². The Hall–Kier alpha value is -3.76. The van der Waals surface area contributed by atoms with Crippen molar-refractivity contribution in [2.45, 2.75) is 17.9 Å². The van der Waals surface area contributed by atoms with Crippen molar-refractivity contribution in [3.8, 4) is 16.9 Å². The van der Waals surface area contributed by atoms with E-state index < -0.39 is 0 Å². The molecule has 2 N–H and O–H groups in total. The summed E-state index contributed by atoms with van der Waals surface area (Å²) in [5, 5.41) is 16.4. The maximum absolute atomic E-state index is 13.3. The van der Waals surface area contributed by atoms with E-state index in [2.05, 4.69) is 43.1 Å². The molecule has 0 saturated heterocycles. The normalized spacial score (nSPS) is 15.4. The molecule has 0 spiro atoms. The van der Waals surface area contributed by atoms with Gasteiger partial charge in [0, 0.05) is 5.56 Å². The van der Waals surface area contributed by atoms with E-state index in [9.17, 15) is 9.90 Å². The average molecular weight is 450 g/mol. The topological polar surface area (TPSA) is 49.3 Å². The molecule has 33 heavy (non-hydrogen) atoms. The number of phenolic OH excluding ortho intramolecular Hbond substituents is 1. The summed E-state index contributed by atoms with van der Waals surface area (Å²) in [4.78, 5) is 13.9. The molecule has 0 bridgehead atoms. The van der Waals surface area contributed by atoms with Gasteiger partial charge in [-0.25, -0.2) is 0 Å². The summed E-state index contributed by atoms with van der Waals surface area (Å²) in [6.07, 6.45) is 2.01. The van der Waals surface area contributed by atoms with Gasteiger partial charge in [-0.1, -0.05) is 90.6 Å². The third-order valence-corrected chi connectivity index (χ3v) is 6.90. The lowest BCUT2D eigenvalue weighted by Crippen LogP contribution is -2.15. The molecule has 5 rings (SSSR count). The van der Waals surface area contributed by atoms with Crippen LogP contribution in [0.4, 0.5) is 0 Å². The van der Waals surface area contributed by atoms with Crippen LogP contribution in [0.2, 0.25) is 0 Å². The van der Waals surface area contributed by atoms with Crippen molar-refractivity contribution >= 4 is 22.5 Å². The Morgan fingerprint density at radius 2 is 1.67 bits per heavy atom. The Labute approximate surface area is 197 Å². The average Bonchev–Trinajstić information content (AvgIpc) is 3.12. The number of hydrogen-bond acceptors (Lipinski definition) is 4. The zero-order valence-electron chi connectivity index (χ0n) is 18.2. The molecule has 4 heteroatoms. The Kier molecular flexibility index (Phi) is 5.53. The van der Waals surface area contributed by atoms with Crippen LogP contribution >= 0.6 is 11.8 Å². The smallest absolute Gasteiger partial charge is 0.193 e. The Bertz CT molecular complexity index is 1460. The second-order valence-electron chi connectivity index (χ2n) is 8.21. The lowest BCUT2D eigenvalue weighted by Gasteiger charge is -2.16. The van der Waals surface area contributed by atoms with Gasteiger partial charge in [-0.3, -0.25) is 4.79 Å². The van der Waals surface area contributed by atoms with Gasteiger partial charge in [-0.2, -0.15) is 0 Å². The number of fused-ring (bicyclic) bond motifs is 1. The fourth-order valence-corrected chi connectivity index (χ4v) is 5.24. The van der Waals surface area contributed by atoms with Crippen LogP contribution in [0.5, 0.6) is 5.75 Å². The fourth-order valence-electron chi connectivity index (χ4n) is 4.14. The number of aryl methyl sites for hydroxylation is 1. The molecule has 1 heterocycles. The minimum atomic E-state index is -0.0679. The SMILES string of the molecule is C=C1C=C(Sc2c(-c3ccccc3)c3cc(O)ccc3ccc2=O)NC1c1ccc(C)cc1. The van der Waals surface area contributed by atoms with Crippen molar-refractivity contribution < 1.29 is 5.11 Å². The van der Waals surface area contributed by atoms with Gasteiger partial charge in [0.15, 0.2) is 5.43 Å². The Morgan fingerprint density at radius 3 is 2.42 bits per heavy atom. The number of rotatable bonds is 4. The van der Waals surface area contributed by atoms with E-state index in [4.69, 9.17) is 0 Å². The monoisotopic (exact) mass is 449 g/mol. The molecule has 4 aromatic carbocycles. The Balaban J connectivity index is 1.62. The lowest BCUT2D eigenvalue weighted by atomic mass is 10.0. The van der Waals surface area contributed by atoms with Crippen LogP contribution in [-0.4, -0.2) is 5.11 Å². The van der Waals surface area contributed by atoms with Crippen molar-refractivity contribution in [3.05, 3.63) is 130 Å². The molecule has 0 amide bonds. The molecular weight excluding hydrogens is 426 g/mol. The number of aromatic hydroxyl groups is 1. The zero-order chi connectivity index (χ0) is 22.9. The van der Waals surface area contributed by atoms with Crippen molar-refractivity contribution in [3.63, 3.8) is 0 Å². The van der Waals surface area contributed by atoms with Crippen LogP contribution in [0.1, 0.15) is 17.2 Å². The van der Waals surface area contributed by atoms with Crippen LogP contribution in [0.25, 0.3) is 21.9 Å². The molecular formula is C29H23NO2S. The van der Waals surface area contributed by atoms with Gasteiger partial charge >= 0.3 is 0 Å². The molecule has 0 saturated carbocycles. The van der Waals surface area contributed by atoms with E-state index in [1.165, 1.54) is 17.3 Å². The van der Waals surface area contributed by atoms with Crippen LogP contribution in [0.3, 0.4) is 0 Å². The predicted octanol–water partition coefficient (Wildman–Crippen LogP) is 6.72. The minimum Gasteiger partial charge on any atom is -0.508 e. The maximum Gasteiger partial charge on any atom is 0.193 e. The summed E-state index contributed by atoms with van der Waals surface area (Å²) in [7, 11) is 0. The van der Waals surface area contributed by atoms with Gasteiger partial charge in [-0.05, 0) is 58.7 Å². The highest BCUT2D eigenvalue weighted by molar-refractivity contribution is 8.03. The van der Waals surface area contributed by atoms with Gasteiger partial charge in [0.2, 0.25) is 0 Å². The van der Waals surface area contributed by atoms with Crippen LogP contribution in [-0.2, 0) is 0 Å². The molecule has 0 radical (unpaired) electrons. The number of benzene rings is 3. The standard InChI is InChI=1S/C29H23NO2S/c1-18-8-10-22(11-9-18)28-19(2)16-26(30-28)33-29-25(32)15-13-20-12-14-23(31)17-24(20)27(29)21-6-4-3-5-7-21/h3-17,28,30-31H,2H2,1H3. The fraction of sp³-hybridized carbons (Fsp3) is 0.0690. The van der Waals surface area contributed by atoms with E-state index in [1.807, 2.05) is 48.5 Å². The number of nitrogens with one attached hydrogen (secondary N) is 1. The summed E-state index contributed by atoms with van der Waals surface area (Å²) in [5.41, 5.74) is 4.97. The van der Waals surface area contributed by atoms with Gasteiger partial charge < -0.3 is 10.4 Å². The molecule has 1 atom stereocenters. The molecule has 1 aliphatic heterocycles. The first-order chi connectivity index (χ1) is 16.0. The van der Waals surface area contributed by atoms with Gasteiger partial charge in [0.05, 0.1) is 16.0 Å². The summed E-state index contributed by atoms with van der Waals surface area (Å²) >= 11 is 1.41. The summed E-state index contributed by atoms with van der Waals surface area (Å²) < 4.78 is 0. The van der Waals surface area contributed by atoms with E-state index in [-0.39, 0.29) is 17.2 Å². The molecule has 3 nitrogen and oxygen atoms in total. The summed E-state index contributed by atoms with van der Waals surface area (Å²) in [5.74, 6) is 0.167. The maximum atomic E-state index is 13.3. The molecule has 4 aromatic rings. The minimum absolute atomic E-state index is 0.0263. The number of hydrogen-bond donors (Lipinski definition) is 2. The molecule has 0 fully saturated rings. The second kappa shape index (κ2) is 8.64. The summed E-state index contributed by atoms with van der Waals surface area (Å²) in [6.45, 7) is 6.31. The lowest BCUT2D eigenvalue weighted by molar-refractivity contribution is 0.476. The first-order valence-corrected chi connectivity index (χ1v) is 11.6. The third kappa shape index (κ3) is 4.18. The molecule has 162 valence electrons. The van der Waals surface area contributed by atoms with Crippen molar-refractivity contribution in [1.82, 2.24) is 5.32 Å². The summed E-state index contributed by atoms with van der Waals surface area (Å²) in [6, 6.07) is 26.9. The van der Waals surface area contributed by atoms with E-state index in [1.54, 1.807) is 18.2 Å². The highest BCUT2D eigenvalue weighted by Crippen LogP contribution is 2.41. The number of thioether (sulfide) groups is 1. The van der Waals surface area contributed by atoms with Gasteiger partial charge in [0.25, 0.3) is 0 Å². The quantitative estimate of drug-likeness (QED) is 0.363. The molecule has 0 aromatic heterocycles. The van der Waals surface area contributed by atoms with Crippen LogP contribution < -0.4 is 10.7 Å². The first-order valence-electron chi connectivity index (χ1n) is 10.8. The molecule has 1 unspecified atom stereocenters. The predicted molar refractivity (Wildman–Crippen MR) is 137 cm³/mol. The van der Waals surface area contributed by atoms with Crippen LogP contribution in [0, 0.1) is 6.92 Å². The van der Waals surface area contributed by atoms with E-state index >= 15 is 0 Å². The largest absolute Gasteiger partial charge is 0.508 e. The van der Waals surface area contributed by atoms with E-state index in [0.717, 1.165) is 38.1 Å². The zero-order valence-corrected chi connectivity index (χ0v) is 19.0. The van der Waals surface area contributed by atoms with Crippen molar-refractivity contribution in [2.75, 3.05) is 0 Å². The van der Waals surface area contributed by atoms with Crippen molar-refractivity contribution in [1.29, 1.82) is 0 Å². The Morgan fingerprint density at radius 1 is 0.939 bits per heavy atom. The number of phenols is 1. The highest BCUT2D eigenvalue weighted by Gasteiger charge is 2.24. The third-order valence-electron chi connectivity index (χ3n) is 5.83. The second-order valence-corrected chi connectivity index (χ2v) is 9.27. The first kappa shape index (κ1) is 21.1. The van der Waals surface area contributed by atoms with E-state index in [0.29, 0.717) is 4.90 Å². The van der Waals surface area contributed by atoms with Gasteiger partial charge in [-0.15, -0.1) is 0 Å². The highest BCUT2D eigenvalue weighted by atomic mass is 32.2. The van der Waals surface area contributed by atoms with Gasteiger partial charge in [0.1, 0.15) is 5.75 Å². The molecule has 0 aliphatic carbocycles. The van der Waals surface area contributed by atoms with Crippen molar-refractivity contribution in [2.24, 2.45) is 0 Å².